The average Bonchev–Trinajstić information content (AvgIpc) is 3.35. The van der Waals surface area contributed by atoms with E-state index in [1.54, 1.807) is 12.1 Å². The van der Waals surface area contributed by atoms with E-state index in [1.807, 2.05) is 41.8 Å². The second kappa shape index (κ2) is 8.24. The Labute approximate surface area is 189 Å². The van der Waals surface area contributed by atoms with Crippen LogP contribution in [0.4, 0.5) is 16.0 Å². The Morgan fingerprint density at radius 3 is 2.70 bits per heavy atom. The minimum Gasteiger partial charge on any atom is -0.382 e. The Hall–Kier alpha value is -4.45. The molecule has 0 radical (unpaired) electrons. The molecule has 8 nitrogen and oxygen atoms in total. The quantitative estimate of drug-likeness (QED) is 0.386. The van der Waals surface area contributed by atoms with E-state index < -0.39 is 0 Å². The van der Waals surface area contributed by atoms with E-state index in [9.17, 15) is 9.65 Å². The van der Waals surface area contributed by atoms with E-state index in [0.29, 0.717) is 36.3 Å². The van der Waals surface area contributed by atoms with Gasteiger partial charge in [0.15, 0.2) is 5.65 Å². The molecule has 3 aromatic heterocycles. The molecule has 0 fully saturated rings. The zero-order valence-corrected chi connectivity index (χ0v) is 18.0. The third-order valence-electron chi connectivity index (χ3n) is 5.49. The van der Waals surface area contributed by atoms with E-state index in [4.69, 9.17) is 10.7 Å². The second-order valence-corrected chi connectivity index (χ2v) is 7.77. The molecule has 0 aliphatic carbocycles. The van der Waals surface area contributed by atoms with Gasteiger partial charge < -0.3 is 11.1 Å². The Morgan fingerprint density at radius 1 is 1.12 bits per heavy atom. The molecule has 3 heterocycles. The smallest absolute Gasteiger partial charge is 0.158 e. The first kappa shape index (κ1) is 20.5. The summed E-state index contributed by atoms with van der Waals surface area (Å²) in [5, 5.41) is 23.0. The first-order valence-electron chi connectivity index (χ1n) is 10.6. The predicted octanol–water partition coefficient (Wildman–Crippen LogP) is 4.01. The van der Waals surface area contributed by atoms with Gasteiger partial charge in [-0.05, 0) is 56.2 Å². The molecular formula is C24H21FN8. The largest absolute Gasteiger partial charge is 0.382 e. The van der Waals surface area contributed by atoms with Crippen molar-refractivity contribution in [3.8, 4) is 11.8 Å². The van der Waals surface area contributed by atoms with Crippen LogP contribution in [0.3, 0.4) is 0 Å². The number of halogens is 1. The molecule has 33 heavy (non-hydrogen) atoms. The van der Waals surface area contributed by atoms with Gasteiger partial charge in [0.2, 0.25) is 0 Å². The lowest BCUT2D eigenvalue weighted by molar-refractivity contribution is 0.627. The van der Waals surface area contributed by atoms with Crippen molar-refractivity contribution < 1.29 is 4.39 Å². The van der Waals surface area contributed by atoms with Crippen molar-refractivity contribution in [1.82, 2.24) is 24.4 Å². The maximum absolute atomic E-state index is 13.3. The molecule has 2 aromatic carbocycles. The number of aryl methyl sites for hydroxylation is 2. The number of para-hydroxylation sites is 1. The molecule has 9 heteroatoms. The van der Waals surface area contributed by atoms with Gasteiger partial charge in [-0.25, -0.2) is 18.6 Å². The van der Waals surface area contributed by atoms with Crippen molar-refractivity contribution in [3.63, 3.8) is 0 Å². The topological polar surface area (TPSA) is 110 Å². The van der Waals surface area contributed by atoms with Crippen molar-refractivity contribution in [2.45, 2.75) is 19.8 Å². The number of nitrogens with zero attached hydrogens (tertiary/aromatic N) is 6. The van der Waals surface area contributed by atoms with Gasteiger partial charge >= 0.3 is 0 Å². The molecule has 0 amide bonds. The highest BCUT2D eigenvalue weighted by Gasteiger charge is 2.16. The monoisotopic (exact) mass is 440 g/mol. The summed E-state index contributed by atoms with van der Waals surface area (Å²) in [5.74, 6) is 0.692. The second-order valence-electron chi connectivity index (χ2n) is 7.77. The lowest BCUT2D eigenvalue weighted by atomic mass is 10.1. The van der Waals surface area contributed by atoms with Gasteiger partial charge in [-0.3, -0.25) is 0 Å². The highest BCUT2D eigenvalue weighted by atomic mass is 19.1. The highest BCUT2D eigenvalue weighted by molar-refractivity contribution is 5.91. The summed E-state index contributed by atoms with van der Waals surface area (Å²) in [4.78, 5) is 4.73. The number of benzene rings is 2. The fourth-order valence-corrected chi connectivity index (χ4v) is 3.93. The lowest BCUT2D eigenvalue weighted by Crippen LogP contribution is -2.07. The summed E-state index contributed by atoms with van der Waals surface area (Å²) in [7, 11) is 0. The highest BCUT2D eigenvalue weighted by Crippen LogP contribution is 2.24. The van der Waals surface area contributed by atoms with E-state index in [2.05, 4.69) is 21.6 Å². The summed E-state index contributed by atoms with van der Waals surface area (Å²) in [5.41, 5.74) is 10.4. The number of fused-ring (bicyclic) bond motifs is 3. The van der Waals surface area contributed by atoms with E-state index in [0.717, 1.165) is 28.1 Å². The van der Waals surface area contributed by atoms with Crippen molar-refractivity contribution >= 4 is 28.2 Å². The number of hydrogen-bond acceptors (Lipinski definition) is 6. The number of nitrogens with two attached hydrogens (primary N) is 1. The van der Waals surface area contributed by atoms with Gasteiger partial charge in [-0.15, -0.1) is 0 Å². The molecule has 5 rings (SSSR count). The molecule has 0 spiro atoms. The van der Waals surface area contributed by atoms with Crippen LogP contribution in [0.15, 0.2) is 54.6 Å². The Bertz CT molecular complexity index is 1510. The maximum atomic E-state index is 13.3. The number of rotatable bonds is 6. The van der Waals surface area contributed by atoms with Gasteiger partial charge in [0, 0.05) is 18.0 Å². The molecule has 0 saturated carbocycles. The molecule has 0 bridgehead atoms. The average molecular weight is 440 g/mol. The van der Waals surface area contributed by atoms with Crippen molar-refractivity contribution in [2.75, 3.05) is 17.6 Å². The minimum atomic E-state index is -0.346. The number of anilines is 2. The van der Waals surface area contributed by atoms with Crippen LogP contribution in [0.5, 0.6) is 0 Å². The fraction of sp³-hybridized carbons (Fsp3) is 0.167. The van der Waals surface area contributed by atoms with E-state index in [-0.39, 0.29) is 11.6 Å². The van der Waals surface area contributed by atoms with Gasteiger partial charge in [0.25, 0.3) is 0 Å². The molecular weight excluding hydrogens is 419 g/mol. The maximum Gasteiger partial charge on any atom is 0.158 e. The molecule has 0 aliphatic rings. The Morgan fingerprint density at radius 2 is 1.91 bits per heavy atom. The third-order valence-corrected chi connectivity index (χ3v) is 5.49. The van der Waals surface area contributed by atoms with Crippen LogP contribution in [0, 0.1) is 24.1 Å². The van der Waals surface area contributed by atoms with Crippen LogP contribution < -0.4 is 11.1 Å². The normalized spacial score (nSPS) is 11.2. The van der Waals surface area contributed by atoms with Crippen molar-refractivity contribution in [1.29, 1.82) is 5.26 Å². The summed E-state index contributed by atoms with van der Waals surface area (Å²) >= 11 is 0. The van der Waals surface area contributed by atoms with Crippen molar-refractivity contribution in [3.05, 3.63) is 77.4 Å². The zero-order valence-electron chi connectivity index (χ0n) is 18.0. The van der Waals surface area contributed by atoms with Crippen LogP contribution in [0.25, 0.3) is 22.2 Å². The van der Waals surface area contributed by atoms with Gasteiger partial charge in [0.1, 0.15) is 29.1 Å². The number of nitrogen functional groups attached to an aromatic ring is 1. The fourth-order valence-electron chi connectivity index (χ4n) is 3.93. The van der Waals surface area contributed by atoms with E-state index in [1.165, 1.54) is 16.8 Å². The van der Waals surface area contributed by atoms with Crippen LogP contribution in [0.2, 0.25) is 0 Å². The standard InChI is InChI=1S/C24H21FN8/c1-15-13-22-29-24(18-5-2-3-7-21(18)33(22)30-15)28-12-4-6-20-19(14-26)23(27)32(31-20)17-10-8-16(25)9-11-17/h2-3,5,7-11,13H,4,6,12,27H2,1H3,(H,28,29). The first-order chi connectivity index (χ1) is 16.0. The molecule has 0 aliphatic heterocycles. The summed E-state index contributed by atoms with van der Waals surface area (Å²) < 4.78 is 16.6. The lowest BCUT2D eigenvalue weighted by Gasteiger charge is -2.10. The molecule has 0 saturated heterocycles. The number of hydrogen-bond donors (Lipinski definition) is 2. The Balaban J connectivity index is 1.34. The summed E-state index contributed by atoms with van der Waals surface area (Å²) in [6.07, 6.45) is 1.27. The van der Waals surface area contributed by atoms with Crippen LogP contribution in [-0.4, -0.2) is 30.9 Å². The zero-order chi connectivity index (χ0) is 22.9. The Kier molecular flexibility index (Phi) is 5.11. The van der Waals surface area contributed by atoms with Gasteiger partial charge in [-0.2, -0.15) is 15.5 Å². The minimum absolute atomic E-state index is 0.251. The third kappa shape index (κ3) is 3.72. The van der Waals surface area contributed by atoms with Crippen molar-refractivity contribution in [2.24, 2.45) is 0 Å². The number of aromatic nitrogens is 5. The molecule has 3 N–H and O–H groups in total. The first-order valence-corrected chi connectivity index (χ1v) is 10.6. The predicted molar refractivity (Wildman–Crippen MR) is 125 cm³/mol. The number of nitriles is 1. The van der Waals surface area contributed by atoms with Crippen LogP contribution in [-0.2, 0) is 6.42 Å². The van der Waals surface area contributed by atoms with Crippen LogP contribution >= 0.6 is 0 Å². The summed E-state index contributed by atoms with van der Waals surface area (Å²) in [6.45, 7) is 2.58. The van der Waals surface area contributed by atoms with E-state index >= 15 is 0 Å². The van der Waals surface area contributed by atoms with Gasteiger partial charge in [-0.1, -0.05) is 12.1 Å². The van der Waals surface area contributed by atoms with Crippen LogP contribution in [0.1, 0.15) is 23.4 Å². The molecule has 0 atom stereocenters. The molecule has 0 unspecified atom stereocenters. The van der Waals surface area contributed by atoms with Gasteiger partial charge in [0.05, 0.1) is 22.6 Å². The molecule has 5 aromatic rings. The number of nitrogens with one attached hydrogen (secondary N) is 1. The SMILES string of the molecule is Cc1cc2nc(NCCCc3nn(-c4ccc(F)cc4)c(N)c3C#N)c3ccccc3n2n1. The summed E-state index contributed by atoms with van der Waals surface area (Å²) in [6, 6.07) is 17.9. The molecule has 164 valence electrons.